The molecule has 5 nitrogen and oxygen atoms in total. The molecule has 8 heteroatoms. The third-order valence-corrected chi connectivity index (χ3v) is 7.30. The summed E-state index contributed by atoms with van der Waals surface area (Å²) in [5.41, 5.74) is 2.87. The van der Waals surface area contributed by atoms with Crippen molar-refractivity contribution in [2.24, 2.45) is 5.92 Å². The van der Waals surface area contributed by atoms with Crippen molar-refractivity contribution < 1.29 is 9.53 Å². The molecular formula is C27H28Cl3N3O2. The number of aromatic nitrogens is 1. The molecule has 1 fully saturated rings. The second-order valence-electron chi connectivity index (χ2n) is 9.23. The van der Waals surface area contributed by atoms with E-state index in [1.54, 1.807) is 24.4 Å². The summed E-state index contributed by atoms with van der Waals surface area (Å²) >= 11 is 18.5. The van der Waals surface area contributed by atoms with Crippen molar-refractivity contribution in [3.63, 3.8) is 0 Å². The minimum Gasteiger partial charge on any atom is -0.474 e. The van der Waals surface area contributed by atoms with E-state index in [0.29, 0.717) is 39.6 Å². The molecule has 4 rings (SSSR count). The number of carbonyl (C=O) groups excluding carboxylic acids is 1. The molecule has 3 atom stereocenters. The Bertz CT molecular complexity index is 1170. The molecular weight excluding hydrogens is 505 g/mol. The smallest absolute Gasteiger partial charge is 0.253 e. The van der Waals surface area contributed by atoms with Crippen LogP contribution >= 0.6 is 34.8 Å². The van der Waals surface area contributed by atoms with Gasteiger partial charge >= 0.3 is 0 Å². The second-order valence-corrected chi connectivity index (χ2v) is 10.5. The number of benzene rings is 2. The Morgan fingerprint density at radius 3 is 2.43 bits per heavy atom. The van der Waals surface area contributed by atoms with Gasteiger partial charge in [0.25, 0.3) is 5.91 Å². The fraction of sp³-hybridized carbons (Fsp3) is 0.333. The number of halogens is 3. The monoisotopic (exact) mass is 531 g/mol. The number of rotatable bonds is 7. The Morgan fingerprint density at radius 2 is 1.80 bits per heavy atom. The van der Waals surface area contributed by atoms with Crippen LogP contribution in [0.5, 0.6) is 5.88 Å². The first kappa shape index (κ1) is 25.8. The predicted octanol–water partition coefficient (Wildman–Crippen LogP) is 6.43. The molecule has 0 radical (unpaired) electrons. The van der Waals surface area contributed by atoms with Gasteiger partial charge in [0.05, 0.1) is 15.1 Å². The zero-order valence-electron chi connectivity index (χ0n) is 19.9. The van der Waals surface area contributed by atoms with Gasteiger partial charge in [-0.2, -0.15) is 0 Å². The van der Waals surface area contributed by atoms with Crippen molar-refractivity contribution in [2.75, 3.05) is 27.2 Å². The number of carbonyl (C=O) groups is 1. The van der Waals surface area contributed by atoms with Crippen LogP contribution < -0.4 is 4.74 Å². The lowest BCUT2D eigenvalue weighted by molar-refractivity contribution is 0.0769. The van der Waals surface area contributed by atoms with Gasteiger partial charge in [-0.05, 0) is 62.5 Å². The fourth-order valence-electron chi connectivity index (χ4n) is 4.58. The van der Waals surface area contributed by atoms with Gasteiger partial charge in [0.2, 0.25) is 5.88 Å². The average molecular weight is 533 g/mol. The SMILES string of the molecule is CC(Oc1ccc(Cl)cn1)C1CN(C(=O)c2ccc(CN(C)C)cc2)CC1c1ccc(Cl)c(Cl)c1. The van der Waals surface area contributed by atoms with Gasteiger partial charge < -0.3 is 14.5 Å². The first-order valence-electron chi connectivity index (χ1n) is 11.5. The molecule has 0 saturated carbocycles. The molecule has 1 aromatic heterocycles. The molecule has 1 amide bonds. The van der Waals surface area contributed by atoms with Crippen molar-refractivity contribution in [3.8, 4) is 5.88 Å². The summed E-state index contributed by atoms with van der Waals surface area (Å²) in [5, 5.41) is 1.55. The molecule has 1 aliphatic heterocycles. The number of nitrogens with zero attached hydrogens (tertiary/aromatic N) is 3. The highest BCUT2D eigenvalue weighted by Gasteiger charge is 2.40. The molecule has 0 spiro atoms. The van der Waals surface area contributed by atoms with Crippen LogP contribution in [0.2, 0.25) is 15.1 Å². The Balaban J connectivity index is 1.57. The van der Waals surface area contributed by atoms with Crippen LogP contribution in [0.1, 0.15) is 34.3 Å². The standard InChI is InChI=1S/C27H28Cl3N3O2/c1-17(35-26-11-9-21(28)13-31-26)22-15-33(16-23(22)20-8-10-24(29)25(30)12-20)27(34)19-6-4-18(5-7-19)14-32(2)3/h4-13,17,22-23H,14-16H2,1-3H3. The molecule has 3 unspecified atom stereocenters. The molecule has 1 aliphatic rings. The number of likely N-dealkylation sites (tertiary alicyclic amines) is 1. The number of ether oxygens (including phenoxy) is 1. The molecule has 184 valence electrons. The topological polar surface area (TPSA) is 45.7 Å². The number of hydrogen-bond acceptors (Lipinski definition) is 4. The number of pyridine rings is 1. The summed E-state index contributed by atoms with van der Waals surface area (Å²) in [4.78, 5) is 21.7. The van der Waals surface area contributed by atoms with Gasteiger partial charge in [0.1, 0.15) is 6.10 Å². The van der Waals surface area contributed by atoms with Crippen molar-refractivity contribution in [1.29, 1.82) is 0 Å². The third-order valence-electron chi connectivity index (χ3n) is 6.33. The van der Waals surface area contributed by atoms with Crippen molar-refractivity contribution in [1.82, 2.24) is 14.8 Å². The first-order valence-corrected chi connectivity index (χ1v) is 12.6. The molecule has 0 aliphatic carbocycles. The van der Waals surface area contributed by atoms with Gasteiger partial charge in [-0.15, -0.1) is 0 Å². The molecule has 3 aromatic rings. The highest BCUT2D eigenvalue weighted by Crippen LogP contribution is 2.38. The highest BCUT2D eigenvalue weighted by molar-refractivity contribution is 6.42. The molecule has 35 heavy (non-hydrogen) atoms. The van der Waals surface area contributed by atoms with E-state index in [1.165, 1.54) is 0 Å². The van der Waals surface area contributed by atoms with Gasteiger partial charge in [-0.1, -0.05) is 53.0 Å². The largest absolute Gasteiger partial charge is 0.474 e. The van der Waals surface area contributed by atoms with Crippen LogP contribution in [0.3, 0.4) is 0 Å². The van der Waals surface area contributed by atoms with Crippen molar-refractivity contribution in [2.45, 2.75) is 25.5 Å². The maximum absolute atomic E-state index is 13.4. The van der Waals surface area contributed by atoms with Gasteiger partial charge in [-0.3, -0.25) is 4.79 Å². The van der Waals surface area contributed by atoms with Gasteiger partial charge in [-0.25, -0.2) is 4.98 Å². The van der Waals surface area contributed by atoms with Crippen molar-refractivity contribution >= 4 is 40.7 Å². The van der Waals surface area contributed by atoms with E-state index in [2.05, 4.69) is 9.88 Å². The highest BCUT2D eigenvalue weighted by atomic mass is 35.5. The normalized spacial score (nSPS) is 18.7. The maximum Gasteiger partial charge on any atom is 0.253 e. The minimum absolute atomic E-state index is 0.00535. The number of hydrogen-bond donors (Lipinski definition) is 0. The summed E-state index contributed by atoms with van der Waals surface area (Å²) in [6.45, 7) is 3.95. The van der Waals surface area contributed by atoms with Gasteiger partial charge in [0, 0.05) is 49.3 Å². The Labute approximate surface area is 221 Å². The Hall–Kier alpha value is -2.31. The Morgan fingerprint density at radius 1 is 1.06 bits per heavy atom. The van der Waals surface area contributed by atoms with E-state index >= 15 is 0 Å². The quantitative estimate of drug-likeness (QED) is 0.352. The summed E-state index contributed by atoms with van der Waals surface area (Å²) in [6.07, 6.45) is 1.35. The lowest BCUT2D eigenvalue weighted by Gasteiger charge is -2.25. The van der Waals surface area contributed by atoms with E-state index in [4.69, 9.17) is 39.5 Å². The summed E-state index contributed by atoms with van der Waals surface area (Å²) in [5.74, 6) is 0.563. The molecule has 2 heterocycles. The average Bonchev–Trinajstić information content (AvgIpc) is 3.28. The zero-order valence-corrected chi connectivity index (χ0v) is 22.2. The van der Waals surface area contributed by atoms with E-state index in [1.807, 2.05) is 62.3 Å². The maximum atomic E-state index is 13.4. The van der Waals surface area contributed by atoms with E-state index < -0.39 is 0 Å². The van der Waals surface area contributed by atoms with Crippen molar-refractivity contribution in [3.05, 3.63) is 92.6 Å². The van der Waals surface area contributed by atoms with Gasteiger partial charge in [0.15, 0.2) is 0 Å². The zero-order chi connectivity index (χ0) is 25.1. The molecule has 2 aromatic carbocycles. The third kappa shape index (κ3) is 6.28. The van der Waals surface area contributed by atoms with Crippen LogP contribution in [0.4, 0.5) is 0 Å². The molecule has 0 N–H and O–H groups in total. The first-order chi connectivity index (χ1) is 16.7. The predicted molar refractivity (Wildman–Crippen MR) is 142 cm³/mol. The van der Waals surface area contributed by atoms with Crippen LogP contribution in [0, 0.1) is 5.92 Å². The fourth-order valence-corrected chi connectivity index (χ4v) is 4.99. The van der Waals surface area contributed by atoms with Crippen LogP contribution in [-0.4, -0.2) is 54.0 Å². The Kier molecular flexibility index (Phi) is 8.23. The summed E-state index contributed by atoms with van der Waals surface area (Å²) in [6, 6.07) is 17.0. The summed E-state index contributed by atoms with van der Waals surface area (Å²) in [7, 11) is 4.05. The lowest BCUT2D eigenvalue weighted by Crippen LogP contribution is -2.32. The minimum atomic E-state index is -0.205. The van der Waals surface area contributed by atoms with E-state index in [9.17, 15) is 4.79 Å². The molecule has 1 saturated heterocycles. The molecule has 0 bridgehead atoms. The summed E-state index contributed by atoms with van der Waals surface area (Å²) < 4.78 is 6.17. The second kappa shape index (κ2) is 11.2. The van der Waals surface area contributed by atoms with E-state index in [0.717, 1.165) is 17.7 Å². The van der Waals surface area contributed by atoms with Crippen LogP contribution in [0.25, 0.3) is 0 Å². The van der Waals surface area contributed by atoms with Crippen LogP contribution in [-0.2, 0) is 6.54 Å². The van der Waals surface area contributed by atoms with E-state index in [-0.39, 0.29) is 23.8 Å². The lowest BCUT2D eigenvalue weighted by atomic mass is 9.86. The van der Waals surface area contributed by atoms with Crippen LogP contribution in [0.15, 0.2) is 60.8 Å². The number of amides is 1.